The predicted molar refractivity (Wildman–Crippen MR) is 106 cm³/mol. The van der Waals surface area contributed by atoms with Crippen LogP contribution >= 0.6 is 0 Å². The van der Waals surface area contributed by atoms with E-state index >= 15 is 0 Å². The molecule has 0 fully saturated rings. The van der Waals surface area contributed by atoms with Gasteiger partial charge in [0.2, 0.25) is 0 Å². The van der Waals surface area contributed by atoms with Gasteiger partial charge >= 0.3 is 0 Å². The molecular formula is C21H22N4O2. The topological polar surface area (TPSA) is 76.0 Å². The van der Waals surface area contributed by atoms with Gasteiger partial charge in [-0.05, 0) is 56.7 Å². The van der Waals surface area contributed by atoms with Gasteiger partial charge in [0.1, 0.15) is 5.82 Å². The van der Waals surface area contributed by atoms with E-state index in [1.54, 1.807) is 25.4 Å². The summed E-state index contributed by atoms with van der Waals surface area (Å²) in [6.45, 7) is 5.72. The quantitative estimate of drug-likeness (QED) is 0.747. The summed E-state index contributed by atoms with van der Waals surface area (Å²) < 4.78 is 1.95. The first-order valence-corrected chi connectivity index (χ1v) is 8.66. The second-order valence-corrected chi connectivity index (χ2v) is 6.37. The molecule has 6 nitrogen and oxygen atoms in total. The molecule has 3 aromatic rings. The Balaban J connectivity index is 1.93. The highest BCUT2D eigenvalue weighted by molar-refractivity contribution is 6.06. The number of anilines is 1. The summed E-state index contributed by atoms with van der Waals surface area (Å²) in [4.78, 5) is 29.1. The molecule has 0 bridgehead atoms. The minimum atomic E-state index is -0.220. The number of nitrogens with one attached hydrogen (secondary N) is 2. The minimum Gasteiger partial charge on any atom is -0.355 e. The molecule has 0 aliphatic carbocycles. The van der Waals surface area contributed by atoms with E-state index in [1.807, 2.05) is 55.7 Å². The summed E-state index contributed by atoms with van der Waals surface area (Å²) in [5, 5.41) is 5.52. The zero-order chi connectivity index (χ0) is 19.6. The molecule has 27 heavy (non-hydrogen) atoms. The molecule has 6 heteroatoms. The second kappa shape index (κ2) is 7.45. The summed E-state index contributed by atoms with van der Waals surface area (Å²) in [5.41, 5.74) is 4.30. The average Bonchev–Trinajstić information content (AvgIpc) is 2.97. The van der Waals surface area contributed by atoms with E-state index in [0.29, 0.717) is 16.8 Å². The first-order chi connectivity index (χ1) is 12.9. The number of aromatic nitrogens is 2. The number of benzene rings is 1. The smallest absolute Gasteiger partial charge is 0.257 e. The highest BCUT2D eigenvalue weighted by atomic mass is 16.2. The van der Waals surface area contributed by atoms with Gasteiger partial charge in [-0.25, -0.2) is 4.98 Å². The molecule has 138 valence electrons. The third kappa shape index (κ3) is 3.60. The zero-order valence-corrected chi connectivity index (χ0v) is 15.8. The van der Waals surface area contributed by atoms with E-state index in [1.165, 1.54) is 0 Å². The van der Waals surface area contributed by atoms with Gasteiger partial charge in [0.05, 0.1) is 5.56 Å². The van der Waals surface area contributed by atoms with E-state index < -0.39 is 0 Å². The molecule has 2 amide bonds. The number of pyridine rings is 1. The van der Waals surface area contributed by atoms with Crippen LogP contribution in [0.3, 0.4) is 0 Å². The summed E-state index contributed by atoms with van der Waals surface area (Å²) in [7, 11) is 1.58. The highest BCUT2D eigenvalue weighted by Crippen LogP contribution is 2.22. The molecule has 0 aliphatic heterocycles. The van der Waals surface area contributed by atoms with Crippen molar-refractivity contribution in [2.24, 2.45) is 0 Å². The van der Waals surface area contributed by atoms with Crippen molar-refractivity contribution in [3.05, 3.63) is 76.7 Å². The van der Waals surface area contributed by atoms with E-state index in [-0.39, 0.29) is 11.8 Å². The summed E-state index contributed by atoms with van der Waals surface area (Å²) in [5.74, 6) is 0.352. The highest BCUT2D eigenvalue weighted by Gasteiger charge is 2.18. The molecule has 0 radical (unpaired) electrons. The van der Waals surface area contributed by atoms with Crippen LogP contribution in [0.4, 0.5) is 5.69 Å². The number of nitrogens with zero attached hydrogens (tertiary/aromatic N) is 2. The van der Waals surface area contributed by atoms with Crippen LogP contribution in [-0.2, 0) is 0 Å². The number of hydrogen-bond donors (Lipinski definition) is 2. The van der Waals surface area contributed by atoms with Gasteiger partial charge in [0, 0.05) is 35.9 Å². The Bertz CT molecular complexity index is 1010. The fourth-order valence-electron chi connectivity index (χ4n) is 3.06. The Kier molecular flexibility index (Phi) is 5.07. The van der Waals surface area contributed by atoms with Crippen LogP contribution in [0.15, 0.2) is 48.7 Å². The van der Waals surface area contributed by atoms with Crippen molar-refractivity contribution in [3.63, 3.8) is 0 Å². The van der Waals surface area contributed by atoms with Crippen molar-refractivity contribution >= 4 is 17.5 Å². The number of carbonyl (C=O) groups is 2. The van der Waals surface area contributed by atoms with Crippen LogP contribution in [0.5, 0.6) is 0 Å². The largest absolute Gasteiger partial charge is 0.355 e. The standard InChI is InChI=1S/C21H22N4O2/c1-13-8-9-16(20(26)22-4)12-18(13)24-21(27)17-11-14(2)25(15(17)3)19-7-5-6-10-23-19/h5-12H,1-4H3,(H,22,26)(H,24,27). The van der Waals surface area contributed by atoms with Crippen LogP contribution in [0, 0.1) is 20.8 Å². The number of carbonyl (C=O) groups excluding carboxylic acids is 2. The Morgan fingerprint density at radius 1 is 1.00 bits per heavy atom. The van der Waals surface area contributed by atoms with Gasteiger partial charge < -0.3 is 15.2 Å². The van der Waals surface area contributed by atoms with Gasteiger partial charge in [0.25, 0.3) is 11.8 Å². The molecule has 1 aromatic carbocycles. The predicted octanol–water partition coefficient (Wildman–Crippen LogP) is 3.41. The Morgan fingerprint density at radius 3 is 2.44 bits per heavy atom. The molecular weight excluding hydrogens is 340 g/mol. The molecule has 0 unspecified atom stereocenters. The molecule has 2 aromatic heterocycles. The monoisotopic (exact) mass is 362 g/mol. The van der Waals surface area contributed by atoms with Crippen LogP contribution in [-0.4, -0.2) is 28.4 Å². The number of amides is 2. The van der Waals surface area contributed by atoms with Gasteiger partial charge in [-0.1, -0.05) is 12.1 Å². The van der Waals surface area contributed by atoms with Crippen molar-refractivity contribution in [2.75, 3.05) is 12.4 Å². The zero-order valence-electron chi connectivity index (χ0n) is 15.8. The molecule has 3 rings (SSSR count). The Labute approximate surface area is 158 Å². The first-order valence-electron chi connectivity index (χ1n) is 8.66. The summed E-state index contributed by atoms with van der Waals surface area (Å²) in [6, 6.07) is 12.7. The van der Waals surface area contributed by atoms with Crippen LogP contribution in [0.25, 0.3) is 5.82 Å². The average molecular weight is 362 g/mol. The molecule has 0 atom stereocenters. The molecule has 0 spiro atoms. The fraction of sp³-hybridized carbons (Fsp3) is 0.190. The molecule has 0 aliphatic rings. The van der Waals surface area contributed by atoms with E-state index in [0.717, 1.165) is 22.8 Å². The molecule has 2 heterocycles. The minimum absolute atomic E-state index is 0.196. The van der Waals surface area contributed by atoms with Crippen molar-refractivity contribution in [2.45, 2.75) is 20.8 Å². The van der Waals surface area contributed by atoms with Crippen LogP contribution in [0.2, 0.25) is 0 Å². The first kappa shape index (κ1) is 18.4. The van der Waals surface area contributed by atoms with Crippen molar-refractivity contribution < 1.29 is 9.59 Å². The number of rotatable bonds is 4. The maximum absolute atomic E-state index is 12.9. The van der Waals surface area contributed by atoms with Gasteiger partial charge in [0.15, 0.2) is 0 Å². The van der Waals surface area contributed by atoms with Gasteiger partial charge in [-0.2, -0.15) is 0 Å². The van der Waals surface area contributed by atoms with E-state index in [9.17, 15) is 9.59 Å². The normalized spacial score (nSPS) is 10.5. The lowest BCUT2D eigenvalue weighted by molar-refractivity contribution is 0.0961. The SMILES string of the molecule is CNC(=O)c1ccc(C)c(NC(=O)c2cc(C)n(-c3ccccn3)c2C)c1. The lowest BCUT2D eigenvalue weighted by Crippen LogP contribution is -2.19. The van der Waals surface area contributed by atoms with Crippen molar-refractivity contribution in [3.8, 4) is 5.82 Å². The van der Waals surface area contributed by atoms with Crippen molar-refractivity contribution in [1.29, 1.82) is 0 Å². The third-order valence-electron chi connectivity index (χ3n) is 4.53. The molecule has 0 saturated heterocycles. The number of hydrogen-bond acceptors (Lipinski definition) is 3. The van der Waals surface area contributed by atoms with Gasteiger partial charge in [-0.3, -0.25) is 9.59 Å². The van der Waals surface area contributed by atoms with Crippen LogP contribution in [0.1, 0.15) is 37.7 Å². The summed E-state index contributed by atoms with van der Waals surface area (Å²) in [6.07, 6.45) is 1.72. The fourth-order valence-corrected chi connectivity index (χ4v) is 3.06. The third-order valence-corrected chi connectivity index (χ3v) is 4.53. The molecule has 0 saturated carbocycles. The van der Waals surface area contributed by atoms with Crippen molar-refractivity contribution in [1.82, 2.24) is 14.9 Å². The Morgan fingerprint density at radius 2 is 1.78 bits per heavy atom. The number of aryl methyl sites for hydroxylation is 2. The summed E-state index contributed by atoms with van der Waals surface area (Å²) >= 11 is 0. The maximum atomic E-state index is 12.9. The lowest BCUT2D eigenvalue weighted by atomic mass is 10.1. The maximum Gasteiger partial charge on any atom is 0.257 e. The van der Waals surface area contributed by atoms with Gasteiger partial charge in [-0.15, -0.1) is 0 Å². The van der Waals surface area contributed by atoms with E-state index in [2.05, 4.69) is 15.6 Å². The van der Waals surface area contributed by atoms with Crippen LogP contribution < -0.4 is 10.6 Å². The lowest BCUT2D eigenvalue weighted by Gasteiger charge is -2.11. The second-order valence-electron chi connectivity index (χ2n) is 6.37. The molecule has 2 N–H and O–H groups in total. The Hall–Kier alpha value is -3.41. The van der Waals surface area contributed by atoms with E-state index in [4.69, 9.17) is 0 Å².